The molecule has 1 aliphatic heterocycles. The van der Waals surface area contributed by atoms with E-state index in [0.717, 1.165) is 29.3 Å². The van der Waals surface area contributed by atoms with E-state index in [-0.39, 0.29) is 17.8 Å². The number of amides is 1. The standard InChI is InChI=1S/C27H25F2N3O2/c1-16-10-11-21(15-22(16)25-17(2)7-6-12-30-25)32-26(34)24(18(3)31-32)23(33)14-19-8-5-9-20(13-19)27(4,28)29/h5-13,15,24H,14H2,1-4H3. The number of aryl methyl sites for hydroxylation is 2. The molecule has 1 amide bonds. The van der Waals surface area contributed by atoms with E-state index in [1.807, 2.05) is 38.1 Å². The molecule has 0 radical (unpaired) electrons. The molecule has 4 rings (SSSR count). The lowest BCUT2D eigenvalue weighted by Crippen LogP contribution is -2.33. The summed E-state index contributed by atoms with van der Waals surface area (Å²) in [7, 11) is 0. The number of hydrogen-bond acceptors (Lipinski definition) is 4. The molecule has 0 saturated carbocycles. The minimum Gasteiger partial charge on any atom is -0.298 e. The number of rotatable bonds is 6. The summed E-state index contributed by atoms with van der Waals surface area (Å²) >= 11 is 0. The number of carbonyl (C=O) groups is 2. The van der Waals surface area contributed by atoms with E-state index in [2.05, 4.69) is 10.1 Å². The maximum Gasteiger partial charge on any atom is 0.270 e. The van der Waals surface area contributed by atoms with Crippen LogP contribution in [0, 0.1) is 19.8 Å². The molecule has 5 nitrogen and oxygen atoms in total. The molecular formula is C27H25F2N3O2. The molecular weight excluding hydrogens is 436 g/mol. The molecule has 2 heterocycles. The van der Waals surface area contributed by atoms with Crippen molar-refractivity contribution in [2.24, 2.45) is 11.0 Å². The van der Waals surface area contributed by atoms with Crippen LogP contribution in [0.5, 0.6) is 0 Å². The van der Waals surface area contributed by atoms with Crippen LogP contribution in [0.3, 0.4) is 0 Å². The Kier molecular flexibility index (Phi) is 6.13. The summed E-state index contributed by atoms with van der Waals surface area (Å²) in [6.07, 6.45) is 1.59. The van der Waals surface area contributed by atoms with Crippen molar-refractivity contribution in [3.63, 3.8) is 0 Å². The number of aromatic nitrogens is 1. The van der Waals surface area contributed by atoms with Crippen molar-refractivity contribution in [2.75, 3.05) is 5.01 Å². The van der Waals surface area contributed by atoms with Crippen LogP contribution in [-0.4, -0.2) is 22.4 Å². The first-order valence-electron chi connectivity index (χ1n) is 11.0. The van der Waals surface area contributed by atoms with E-state index in [0.29, 0.717) is 17.0 Å². The molecule has 3 aromatic rings. The Morgan fingerprint density at radius 1 is 1.03 bits per heavy atom. The van der Waals surface area contributed by atoms with Crippen LogP contribution >= 0.6 is 0 Å². The average molecular weight is 462 g/mol. The number of halogens is 2. The van der Waals surface area contributed by atoms with Gasteiger partial charge in [-0.3, -0.25) is 14.6 Å². The number of carbonyl (C=O) groups excluding carboxylic acids is 2. The van der Waals surface area contributed by atoms with Crippen molar-refractivity contribution in [3.05, 3.63) is 83.0 Å². The van der Waals surface area contributed by atoms with Crippen molar-refractivity contribution in [1.82, 2.24) is 4.98 Å². The second kappa shape index (κ2) is 8.89. The van der Waals surface area contributed by atoms with Crippen LogP contribution in [0.15, 0.2) is 65.9 Å². The highest BCUT2D eigenvalue weighted by atomic mass is 19.3. The Balaban J connectivity index is 1.59. The molecule has 0 spiro atoms. The lowest BCUT2D eigenvalue weighted by atomic mass is 9.93. The quantitative estimate of drug-likeness (QED) is 0.447. The van der Waals surface area contributed by atoms with Gasteiger partial charge in [-0.05, 0) is 61.7 Å². The summed E-state index contributed by atoms with van der Waals surface area (Å²) in [6.45, 7) is 6.38. The van der Waals surface area contributed by atoms with Gasteiger partial charge in [0, 0.05) is 30.7 Å². The number of nitrogens with zero attached hydrogens (tertiary/aromatic N) is 3. The number of ketones is 1. The second-order valence-corrected chi connectivity index (χ2v) is 8.72. The molecule has 2 aromatic carbocycles. The molecule has 0 saturated heterocycles. The zero-order valence-corrected chi connectivity index (χ0v) is 19.5. The van der Waals surface area contributed by atoms with Crippen molar-refractivity contribution in [1.29, 1.82) is 0 Å². The largest absolute Gasteiger partial charge is 0.298 e. The Hall–Kier alpha value is -3.74. The fraction of sp³-hybridized carbons (Fsp3) is 0.259. The van der Waals surface area contributed by atoms with Gasteiger partial charge < -0.3 is 0 Å². The summed E-state index contributed by atoms with van der Waals surface area (Å²) in [6, 6.07) is 15.1. The van der Waals surface area contributed by atoms with Crippen molar-refractivity contribution >= 4 is 23.1 Å². The van der Waals surface area contributed by atoms with Crippen molar-refractivity contribution in [2.45, 2.75) is 40.0 Å². The minimum absolute atomic E-state index is 0.132. The van der Waals surface area contributed by atoms with Gasteiger partial charge in [0.25, 0.3) is 11.8 Å². The number of pyridine rings is 1. The molecule has 1 unspecified atom stereocenters. The first-order valence-corrected chi connectivity index (χ1v) is 11.0. The van der Waals surface area contributed by atoms with Crippen LogP contribution in [0.1, 0.15) is 36.1 Å². The zero-order chi connectivity index (χ0) is 24.6. The highest BCUT2D eigenvalue weighted by Crippen LogP contribution is 2.32. The average Bonchev–Trinajstić information content (AvgIpc) is 3.08. The Morgan fingerprint density at radius 2 is 1.79 bits per heavy atom. The van der Waals surface area contributed by atoms with Crippen molar-refractivity contribution < 1.29 is 18.4 Å². The van der Waals surface area contributed by atoms with E-state index in [1.165, 1.54) is 23.2 Å². The minimum atomic E-state index is -3.01. The topological polar surface area (TPSA) is 62.6 Å². The first kappa shape index (κ1) is 23.4. The summed E-state index contributed by atoms with van der Waals surface area (Å²) in [5.74, 6) is -4.89. The summed E-state index contributed by atoms with van der Waals surface area (Å²) < 4.78 is 27.4. The first-order chi connectivity index (χ1) is 16.1. The molecule has 34 heavy (non-hydrogen) atoms. The lowest BCUT2D eigenvalue weighted by molar-refractivity contribution is -0.128. The van der Waals surface area contributed by atoms with Gasteiger partial charge >= 0.3 is 0 Å². The zero-order valence-electron chi connectivity index (χ0n) is 19.5. The third-order valence-corrected chi connectivity index (χ3v) is 6.00. The molecule has 0 bridgehead atoms. The van der Waals surface area contributed by atoms with Crippen molar-refractivity contribution in [3.8, 4) is 11.3 Å². The summed E-state index contributed by atoms with van der Waals surface area (Å²) in [5, 5.41) is 5.61. The third kappa shape index (κ3) is 4.51. The number of hydrogen-bond donors (Lipinski definition) is 0. The molecule has 174 valence electrons. The number of benzene rings is 2. The van der Waals surface area contributed by atoms with Gasteiger partial charge in [-0.2, -0.15) is 10.1 Å². The van der Waals surface area contributed by atoms with Gasteiger partial charge in [-0.15, -0.1) is 0 Å². The molecule has 0 aliphatic carbocycles. The maximum atomic E-state index is 13.7. The third-order valence-electron chi connectivity index (χ3n) is 6.00. The van der Waals surface area contributed by atoms with Crippen LogP contribution < -0.4 is 5.01 Å². The van der Waals surface area contributed by atoms with Crippen LogP contribution in [0.25, 0.3) is 11.3 Å². The molecule has 0 N–H and O–H groups in total. The number of alkyl halides is 2. The van der Waals surface area contributed by atoms with Gasteiger partial charge in [-0.1, -0.05) is 30.3 Å². The summed E-state index contributed by atoms with van der Waals surface area (Å²) in [5.41, 5.74) is 4.88. The van der Waals surface area contributed by atoms with E-state index >= 15 is 0 Å². The van der Waals surface area contributed by atoms with Gasteiger partial charge in [0.2, 0.25) is 0 Å². The predicted molar refractivity (Wildman–Crippen MR) is 128 cm³/mol. The second-order valence-electron chi connectivity index (χ2n) is 8.72. The molecule has 1 atom stereocenters. The Morgan fingerprint density at radius 3 is 2.50 bits per heavy atom. The van der Waals surface area contributed by atoms with E-state index in [9.17, 15) is 18.4 Å². The highest BCUT2D eigenvalue weighted by molar-refractivity contribution is 6.27. The molecule has 1 aliphatic rings. The van der Waals surface area contributed by atoms with Crippen LogP contribution in [0.2, 0.25) is 0 Å². The number of hydrazone groups is 1. The smallest absolute Gasteiger partial charge is 0.270 e. The highest BCUT2D eigenvalue weighted by Gasteiger charge is 2.39. The van der Waals surface area contributed by atoms with E-state index < -0.39 is 17.7 Å². The van der Waals surface area contributed by atoms with Gasteiger partial charge in [0.15, 0.2) is 5.78 Å². The number of anilines is 1. The SMILES string of the molecule is CC1=NN(c2ccc(C)c(-c3ncccc3C)c2)C(=O)C1C(=O)Cc1cccc(C(C)(F)F)c1. The normalized spacial score (nSPS) is 16.1. The van der Waals surface area contributed by atoms with Gasteiger partial charge in [-0.25, -0.2) is 8.78 Å². The monoisotopic (exact) mass is 461 g/mol. The Labute approximate surface area is 197 Å². The van der Waals surface area contributed by atoms with E-state index in [1.54, 1.807) is 25.3 Å². The number of Topliss-reactive ketones (excluding diaryl/α,β-unsaturated/α-hetero) is 1. The fourth-order valence-corrected chi connectivity index (χ4v) is 4.14. The van der Waals surface area contributed by atoms with Crippen LogP contribution in [-0.2, 0) is 21.9 Å². The molecule has 1 aromatic heterocycles. The summed E-state index contributed by atoms with van der Waals surface area (Å²) in [4.78, 5) is 30.7. The Bertz CT molecular complexity index is 1310. The van der Waals surface area contributed by atoms with E-state index in [4.69, 9.17) is 0 Å². The lowest BCUT2D eigenvalue weighted by Gasteiger charge is -2.17. The van der Waals surface area contributed by atoms with Crippen LogP contribution in [0.4, 0.5) is 14.5 Å². The molecule has 7 heteroatoms. The fourth-order valence-electron chi connectivity index (χ4n) is 4.14. The predicted octanol–water partition coefficient (Wildman–Crippen LogP) is 5.63. The maximum absolute atomic E-state index is 13.7. The molecule has 0 fully saturated rings. The van der Waals surface area contributed by atoms with Gasteiger partial charge in [0.05, 0.1) is 17.1 Å². The van der Waals surface area contributed by atoms with Gasteiger partial charge in [0.1, 0.15) is 5.92 Å².